The van der Waals surface area contributed by atoms with Gasteiger partial charge < -0.3 is 5.73 Å². The van der Waals surface area contributed by atoms with Gasteiger partial charge in [-0.05, 0) is 18.1 Å². The van der Waals surface area contributed by atoms with Crippen LogP contribution in [0.1, 0.15) is 17.2 Å². The monoisotopic (exact) mass is 169 g/mol. The second kappa shape index (κ2) is 3.74. The van der Waals surface area contributed by atoms with Crippen LogP contribution in [-0.2, 0) is 0 Å². The molecule has 0 aliphatic rings. The largest absolute Gasteiger partial charge is 0.323 e. The van der Waals surface area contributed by atoms with Gasteiger partial charge in [-0.1, -0.05) is 24.3 Å². The van der Waals surface area contributed by atoms with E-state index in [0.717, 1.165) is 5.56 Å². The number of alkyl halides is 1. The lowest BCUT2D eigenvalue weighted by Gasteiger charge is -2.10. The summed E-state index contributed by atoms with van der Waals surface area (Å²) in [6.07, 6.45) is 0. The third-order valence-electron chi connectivity index (χ3n) is 1.75. The van der Waals surface area contributed by atoms with Gasteiger partial charge in [0.1, 0.15) is 0 Å². The molecule has 0 heterocycles. The molecular weight excluding hydrogens is 158 g/mol. The smallest absolute Gasteiger partial charge is 0.0435 e. The Morgan fingerprint density at radius 2 is 2.09 bits per heavy atom. The van der Waals surface area contributed by atoms with E-state index in [4.69, 9.17) is 17.3 Å². The van der Waals surface area contributed by atoms with Gasteiger partial charge in [-0.2, -0.15) is 0 Å². The minimum Gasteiger partial charge on any atom is -0.323 e. The van der Waals surface area contributed by atoms with E-state index in [9.17, 15) is 0 Å². The topological polar surface area (TPSA) is 26.0 Å². The molecule has 1 aromatic rings. The molecule has 0 aliphatic carbocycles. The van der Waals surface area contributed by atoms with Crippen molar-refractivity contribution in [1.29, 1.82) is 0 Å². The summed E-state index contributed by atoms with van der Waals surface area (Å²) < 4.78 is 0. The van der Waals surface area contributed by atoms with E-state index in [0.29, 0.717) is 5.88 Å². The van der Waals surface area contributed by atoms with E-state index in [1.165, 1.54) is 5.56 Å². The normalized spacial score (nSPS) is 13.0. The van der Waals surface area contributed by atoms with E-state index in [-0.39, 0.29) is 6.04 Å². The molecule has 1 nitrogen and oxygen atoms in total. The minimum absolute atomic E-state index is 0.0298. The summed E-state index contributed by atoms with van der Waals surface area (Å²) in [5.41, 5.74) is 8.11. The van der Waals surface area contributed by atoms with Crippen molar-refractivity contribution in [3.05, 3.63) is 35.4 Å². The molecule has 0 aliphatic heterocycles. The number of benzene rings is 1. The predicted molar refractivity (Wildman–Crippen MR) is 48.8 cm³/mol. The van der Waals surface area contributed by atoms with Crippen molar-refractivity contribution in [2.75, 3.05) is 5.88 Å². The Kier molecular flexibility index (Phi) is 2.92. The van der Waals surface area contributed by atoms with Crippen molar-refractivity contribution in [1.82, 2.24) is 0 Å². The summed E-state index contributed by atoms with van der Waals surface area (Å²) in [6, 6.07) is 8.01. The first-order valence-corrected chi connectivity index (χ1v) is 4.16. The molecule has 0 spiro atoms. The van der Waals surface area contributed by atoms with Crippen LogP contribution in [0.25, 0.3) is 0 Å². The first-order chi connectivity index (χ1) is 5.25. The van der Waals surface area contributed by atoms with Crippen LogP contribution >= 0.6 is 11.6 Å². The van der Waals surface area contributed by atoms with Gasteiger partial charge in [0.05, 0.1) is 0 Å². The average Bonchev–Trinajstić information content (AvgIpc) is 2.04. The fourth-order valence-corrected chi connectivity index (χ4v) is 1.25. The molecule has 1 rings (SSSR count). The molecule has 0 radical (unpaired) electrons. The van der Waals surface area contributed by atoms with Crippen LogP contribution in [0.3, 0.4) is 0 Å². The zero-order valence-electron chi connectivity index (χ0n) is 6.55. The van der Waals surface area contributed by atoms with Gasteiger partial charge in [0.25, 0.3) is 0 Å². The lowest BCUT2D eigenvalue weighted by Crippen LogP contribution is -2.12. The molecule has 60 valence electrons. The lowest BCUT2D eigenvalue weighted by atomic mass is 10.0. The maximum absolute atomic E-state index is 5.76. The molecule has 1 aromatic carbocycles. The molecule has 1 unspecified atom stereocenters. The highest BCUT2D eigenvalue weighted by Crippen LogP contribution is 2.15. The zero-order chi connectivity index (χ0) is 8.27. The SMILES string of the molecule is Cc1ccccc1C(N)CCl. The van der Waals surface area contributed by atoms with Crippen molar-refractivity contribution in [2.24, 2.45) is 5.73 Å². The number of hydrogen-bond donors (Lipinski definition) is 1. The van der Waals surface area contributed by atoms with Crippen LogP contribution in [0.5, 0.6) is 0 Å². The van der Waals surface area contributed by atoms with E-state index in [2.05, 4.69) is 0 Å². The van der Waals surface area contributed by atoms with E-state index in [1.54, 1.807) is 0 Å². The van der Waals surface area contributed by atoms with Gasteiger partial charge in [0.15, 0.2) is 0 Å². The lowest BCUT2D eigenvalue weighted by molar-refractivity contribution is 0.818. The molecule has 0 amide bonds. The number of nitrogens with two attached hydrogens (primary N) is 1. The van der Waals surface area contributed by atoms with E-state index in [1.807, 2.05) is 31.2 Å². The first-order valence-electron chi connectivity index (χ1n) is 3.62. The van der Waals surface area contributed by atoms with Crippen LogP contribution in [0.4, 0.5) is 0 Å². The van der Waals surface area contributed by atoms with Crippen molar-refractivity contribution >= 4 is 11.6 Å². The van der Waals surface area contributed by atoms with Gasteiger partial charge >= 0.3 is 0 Å². The third-order valence-corrected chi connectivity index (χ3v) is 2.09. The maximum Gasteiger partial charge on any atom is 0.0435 e. The number of halogens is 1. The predicted octanol–water partition coefficient (Wildman–Crippen LogP) is 2.23. The van der Waals surface area contributed by atoms with E-state index >= 15 is 0 Å². The molecule has 0 fully saturated rings. The van der Waals surface area contributed by atoms with E-state index < -0.39 is 0 Å². The highest BCUT2D eigenvalue weighted by molar-refractivity contribution is 6.18. The van der Waals surface area contributed by atoms with Gasteiger partial charge in [0, 0.05) is 11.9 Å². The van der Waals surface area contributed by atoms with Crippen LogP contribution in [-0.4, -0.2) is 5.88 Å². The van der Waals surface area contributed by atoms with Crippen LogP contribution in [0, 0.1) is 6.92 Å². The molecule has 2 heteroatoms. The van der Waals surface area contributed by atoms with Gasteiger partial charge in [-0.25, -0.2) is 0 Å². The fraction of sp³-hybridized carbons (Fsp3) is 0.333. The summed E-state index contributed by atoms with van der Waals surface area (Å²) in [4.78, 5) is 0. The highest BCUT2D eigenvalue weighted by Gasteiger charge is 2.05. The van der Waals surface area contributed by atoms with Crippen molar-refractivity contribution < 1.29 is 0 Å². The highest BCUT2D eigenvalue weighted by atomic mass is 35.5. The Balaban J connectivity index is 2.93. The van der Waals surface area contributed by atoms with Gasteiger partial charge in [-0.3, -0.25) is 0 Å². The molecule has 1 atom stereocenters. The molecule has 0 bridgehead atoms. The Morgan fingerprint density at radius 1 is 1.45 bits per heavy atom. The molecule has 11 heavy (non-hydrogen) atoms. The summed E-state index contributed by atoms with van der Waals surface area (Å²) in [5.74, 6) is 0.477. The fourth-order valence-electron chi connectivity index (χ4n) is 1.09. The number of aryl methyl sites for hydroxylation is 1. The molecule has 0 aromatic heterocycles. The molecular formula is C9H12ClN. The van der Waals surface area contributed by atoms with Gasteiger partial charge in [0.2, 0.25) is 0 Å². The van der Waals surface area contributed by atoms with Crippen molar-refractivity contribution in [3.63, 3.8) is 0 Å². The van der Waals surface area contributed by atoms with Crippen LogP contribution in [0.15, 0.2) is 24.3 Å². The quantitative estimate of drug-likeness (QED) is 0.676. The molecule has 2 N–H and O–H groups in total. The average molecular weight is 170 g/mol. The number of hydrogen-bond acceptors (Lipinski definition) is 1. The van der Waals surface area contributed by atoms with Crippen LogP contribution < -0.4 is 5.73 Å². The van der Waals surface area contributed by atoms with Crippen molar-refractivity contribution in [3.8, 4) is 0 Å². The summed E-state index contributed by atoms with van der Waals surface area (Å²) in [7, 11) is 0. The maximum atomic E-state index is 5.76. The summed E-state index contributed by atoms with van der Waals surface area (Å²) >= 11 is 5.63. The molecule has 0 saturated heterocycles. The molecule has 0 saturated carbocycles. The second-order valence-electron chi connectivity index (χ2n) is 2.62. The summed E-state index contributed by atoms with van der Waals surface area (Å²) in [5, 5.41) is 0. The first kappa shape index (κ1) is 8.57. The number of rotatable bonds is 2. The standard InChI is InChI=1S/C9H12ClN/c1-7-4-2-3-5-8(7)9(11)6-10/h2-5,9H,6,11H2,1H3. The Labute approximate surface area is 72.2 Å². The van der Waals surface area contributed by atoms with Crippen molar-refractivity contribution in [2.45, 2.75) is 13.0 Å². The Bertz CT molecular complexity index is 235. The summed E-state index contributed by atoms with van der Waals surface area (Å²) in [6.45, 7) is 2.04. The Hall–Kier alpha value is -0.530. The minimum atomic E-state index is -0.0298. The second-order valence-corrected chi connectivity index (χ2v) is 2.93. The van der Waals surface area contributed by atoms with Crippen LogP contribution in [0.2, 0.25) is 0 Å². The van der Waals surface area contributed by atoms with Gasteiger partial charge in [-0.15, -0.1) is 11.6 Å². The Morgan fingerprint density at radius 3 is 2.64 bits per heavy atom. The zero-order valence-corrected chi connectivity index (χ0v) is 7.31. The third kappa shape index (κ3) is 1.95.